The first-order valence-electron chi connectivity index (χ1n) is 7.28. The van der Waals surface area contributed by atoms with E-state index < -0.39 is 9.84 Å². The van der Waals surface area contributed by atoms with Crippen molar-refractivity contribution in [1.82, 2.24) is 0 Å². The second-order valence-corrected chi connectivity index (χ2v) is 9.33. The lowest BCUT2D eigenvalue weighted by Gasteiger charge is -2.09. The van der Waals surface area contributed by atoms with Gasteiger partial charge in [-0.1, -0.05) is 59.4 Å². The number of rotatable bonds is 3. The van der Waals surface area contributed by atoms with E-state index in [1.165, 1.54) is 12.1 Å². The van der Waals surface area contributed by atoms with Gasteiger partial charge < -0.3 is 0 Å². The summed E-state index contributed by atoms with van der Waals surface area (Å²) >= 11 is 24.1. The largest absolute Gasteiger partial charge is 0.218 e. The van der Waals surface area contributed by atoms with Crippen LogP contribution in [-0.2, 0) is 9.84 Å². The van der Waals surface area contributed by atoms with Crippen LogP contribution in [0.1, 0.15) is 12.5 Å². The quantitative estimate of drug-likeness (QED) is 0.540. The minimum Gasteiger partial charge on any atom is -0.218 e. The normalized spacial score (nSPS) is 17.4. The molecule has 3 rings (SSSR count). The Hall–Kier alpha value is -0.970. The smallest absolute Gasteiger partial charge is 0.207 e. The van der Waals surface area contributed by atoms with E-state index in [1.54, 1.807) is 36.4 Å². The maximum Gasteiger partial charge on any atom is 0.207 e. The van der Waals surface area contributed by atoms with Gasteiger partial charge in [-0.2, -0.15) is 0 Å². The Morgan fingerprint density at radius 1 is 0.880 bits per heavy atom. The summed E-state index contributed by atoms with van der Waals surface area (Å²) in [6, 6.07) is 9.51. The molecule has 0 aliphatic heterocycles. The van der Waals surface area contributed by atoms with Gasteiger partial charge >= 0.3 is 0 Å². The first-order chi connectivity index (χ1) is 11.7. The van der Waals surface area contributed by atoms with E-state index in [0.29, 0.717) is 15.1 Å². The molecule has 0 radical (unpaired) electrons. The van der Waals surface area contributed by atoms with Crippen molar-refractivity contribution in [2.75, 3.05) is 0 Å². The average molecular weight is 434 g/mol. The maximum atomic E-state index is 13.0. The van der Waals surface area contributed by atoms with Gasteiger partial charge in [0, 0.05) is 21.0 Å². The number of hydrogen-bond acceptors (Lipinski definition) is 2. The third-order valence-electron chi connectivity index (χ3n) is 3.89. The lowest BCUT2D eigenvalue weighted by Crippen LogP contribution is -2.03. The van der Waals surface area contributed by atoms with E-state index in [4.69, 9.17) is 46.4 Å². The van der Waals surface area contributed by atoms with Crippen LogP contribution in [0.4, 0.5) is 0 Å². The van der Waals surface area contributed by atoms with Crippen LogP contribution in [0.15, 0.2) is 58.4 Å². The first-order valence-corrected chi connectivity index (χ1v) is 10.3. The zero-order valence-electron chi connectivity index (χ0n) is 12.9. The van der Waals surface area contributed by atoms with E-state index in [9.17, 15) is 8.42 Å². The molecule has 0 heterocycles. The van der Waals surface area contributed by atoms with Crippen molar-refractivity contribution in [2.45, 2.75) is 11.8 Å². The summed E-state index contributed by atoms with van der Waals surface area (Å²) in [5.74, 6) is -0.114. The molecule has 0 amide bonds. The SMILES string of the molecule is CC1C=C(S(=O)(=O)c2cc(Cl)ccc2Cl)C=C1c1cc(Cl)cc(Cl)c1. The van der Waals surface area contributed by atoms with Crippen molar-refractivity contribution in [3.63, 3.8) is 0 Å². The lowest BCUT2D eigenvalue weighted by molar-refractivity contribution is 0.603. The van der Waals surface area contributed by atoms with Crippen molar-refractivity contribution < 1.29 is 8.42 Å². The van der Waals surface area contributed by atoms with Crippen LogP contribution in [0.5, 0.6) is 0 Å². The van der Waals surface area contributed by atoms with Crippen LogP contribution in [0.3, 0.4) is 0 Å². The number of benzene rings is 2. The fourth-order valence-corrected chi connectivity index (χ4v) is 5.42. The summed E-state index contributed by atoms with van der Waals surface area (Å²) < 4.78 is 25.9. The minimum atomic E-state index is -3.78. The summed E-state index contributed by atoms with van der Waals surface area (Å²) in [5, 5.41) is 1.42. The molecular formula is C18H12Cl4O2S. The highest BCUT2D eigenvalue weighted by molar-refractivity contribution is 7.95. The second kappa shape index (κ2) is 6.98. The molecule has 2 aromatic rings. The molecule has 25 heavy (non-hydrogen) atoms. The molecule has 2 aromatic carbocycles. The summed E-state index contributed by atoms with van der Waals surface area (Å²) in [7, 11) is -3.78. The van der Waals surface area contributed by atoms with Gasteiger partial charge in [0.1, 0.15) is 0 Å². The molecule has 2 nitrogen and oxygen atoms in total. The maximum absolute atomic E-state index is 13.0. The number of allylic oxidation sites excluding steroid dienone is 3. The predicted octanol–water partition coefficient (Wildman–Crippen LogP) is 6.69. The molecule has 1 aliphatic carbocycles. The van der Waals surface area contributed by atoms with E-state index in [2.05, 4.69) is 0 Å². The molecule has 1 atom stereocenters. The van der Waals surface area contributed by atoms with Crippen LogP contribution in [0, 0.1) is 5.92 Å². The molecule has 130 valence electrons. The molecule has 0 N–H and O–H groups in total. The van der Waals surface area contributed by atoms with Crippen LogP contribution in [-0.4, -0.2) is 8.42 Å². The topological polar surface area (TPSA) is 34.1 Å². The Balaban J connectivity index is 2.08. The van der Waals surface area contributed by atoms with Gasteiger partial charge in [-0.05, 0) is 53.6 Å². The van der Waals surface area contributed by atoms with E-state index >= 15 is 0 Å². The third-order valence-corrected chi connectivity index (χ3v) is 6.80. The van der Waals surface area contributed by atoms with Gasteiger partial charge in [0.25, 0.3) is 0 Å². The van der Waals surface area contributed by atoms with Crippen LogP contribution in [0.25, 0.3) is 5.57 Å². The van der Waals surface area contributed by atoms with Crippen molar-refractivity contribution >= 4 is 61.8 Å². The van der Waals surface area contributed by atoms with Gasteiger partial charge in [0.2, 0.25) is 9.84 Å². The van der Waals surface area contributed by atoms with Crippen LogP contribution in [0.2, 0.25) is 20.1 Å². The fourth-order valence-electron chi connectivity index (χ4n) is 2.71. The molecule has 0 bridgehead atoms. The molecule has 0 saturated heterocycles. The minimum absolute atomic E-state index is 0.0123. The lowest BCUT2D eigenvalue weighted by atomic mass is 9.97. The van der Waals surface area contributed by atoms with Gasteiger partial charge in [-0.15, -0.1) is 0 Å². The Morgan fingerprint density at radius 2 is 1.52 bits per heavy atom. The molecule has 0 fully saturated rings. The highest BCUT2D eigenvalue weighted by Crippen LogP contribution is 2.39. The van der Waals surface area contributed by atoms with Gasteiger partial charge in [-0.25, -0.2) is 8.42 Å². The van der Waals surface area contributed by atoms with Crippen molar-refractivity contribution in [1.29, 1.82) is 0 Å². The van der Waals surface area contributed by atoms with E-state index in [1.807, 2.05) is 6.92 Å². The first kappa shape index (κ1) is 18.8. The van der Waals surface area contributed by atoms with Crippen molar-refractivity contribution in [2.24, 2.45) is 5.92 Å². The zero-order valence-corrected chi connectivity index (χ0v) is 16.8. The molecular weight excluding hydrogens is 422 g/mol. The van der Waals surface area contributed by atoms with Gasteiger partial charge in [0.15, 0.2) is 0 Å². The monoisotopic (exact) mass is 432 g/mol. The number of sulfone groups is 1. The molecule has 1 unspecified atom stereocenters. The Kier molecular flexibility index (Phi) is 5.25. The highest BCUT2D eigenvalue weighted by Gasteiger charge is 2.28. The number of halogens is 4. The molecule has 0 spiro atoms. The Labute approximate surface area is 166 Å². The Bertz CT molecular complexity index is 1000. The standard InChI is InChI=1S/C18H12Cl4O2S/c1-10-4-15(9-16(10)11-5-13(20)7-14(21)6-11)25(23,24)18-8-12(19)2-3-17(18)22/h2-10H,1H3. The van der Waals surface area contributed by atoms with Crippen LogP contribution < -0.4 is 0 Å². The summed E-state index contributed by atoms with van der Waals surface area (Å²) in [5.41, 5.74) is 1.60. The summed E-state index contributed by atoms with van der Waals surface area (Å²) in [6.45, 7) is 1.91. The summed E-state index contributed by atoms with van der Waals surface area (Å²) in [4.78, 5) is 0.164. The van der Waals surface area contributed by atoms with Crippen molar-refractivity contribution in [3.05, 3.63) is 79.1 Å². The fraction of sp³-hybridized carbons (Fsp3) is 0.111. The average Bonchev–Trinajstić information content (AvgIpc) is 2.91. The number of hydrogen-bond donors (Lipinski definition) is 0. The highest BCUT2D eigenvalue weighted by atomic mass is 35.5. The van der Waals surface area contributed by atoms with Gasteiger partial charge in [-0.3, -0.25) is 0 Å². The van der Waals surface area contributed by atoms with Crippen LogP contribution >= 0.6 is 46.4 Å². The molecule has 0 aromatic heterocycles. The van der Waals surface area contributed by atoms with E-state index in [-0.39, 0.29) is 20.7 Å². The second-order valence-electron chi connectivity index (χ2n) is 5.69. The predicted molar refractivity (Wildman–Crippen MR) is 105 cm³/mol. The Morgan fingerprint density at radius 3 is 2.16 bits per heavy atom. The molecule has 7 heteroatoms. The molecule has 0 saturated carbocycles. The summed E-state index contributed by atoms with van der Waals surface area (Å²) in [6.07, 6.45) is 3.30. The van der Waals surface area contributed by atoms with E-state index in [0.717, 1.165) is 11.1 Å². The molecule has 1 aliphatic rings. The van der Waals surface area contributed by atoms with Crippen molar-refractivity contribution in [3.8, 4) is 0 Å². The van der Waals surface area contributed by atoms with Gasteiger partial charge in [0.05, 0.1) is 14.8 Å². The zero-order chi connectivity index (χ0) is 18.4. The third kappa shape index (κ3) is 3.76.